The minimum atomic E-state index is 0.503. The molecule has 0 spiro atoms. The molecule has 0 aromatic carbocycles. The topological polar surface area (TPSA) is 25.8 Å². The standard InChI is InChI=1S/C11H18N2/c1-4-5-6-11-12-8-7-10(13-11)9(2)3/h7-9H,4-6H2,1-3H3. The summed E-state index contributed by atoms with van der Waals surface area (Å²) in [7, 11) is 0. The Morgan fingerprint density at radius 2 is 2.15 bits per heavy atom. The van der Waals surface area contributed by atoms with Gasteiger partial charge in [-0.2, -0.15) is 0 Å². The van der Waals surface area contributed by atoms with Gasteiger partial charge >= 0.3 is 0 Å². The van der Waals surface area contributed by atoms with Crippen molar-refractivity contribution in [2.24, 2.45) is 0 Å². The third kappa shape index (κ3) is 3.13. The second-order valence-corrected chi connectivity index (χ2v) is 3.66. The number of nitrogens with zero attached hydrogens (tertiary/aromatic N) is 2. The maximum Gasteiger partial charge on any atom is 0.128 e. The molecule has 0 atom stereocenters. The van der Waals surface area contributed by atoms with E-state index in [4.69, 9.17) is 0 Å². The summed E-state index contributed by atoms with van der Waals surface area (Å²) >= 11 is 0. The van der Waals surface area contributed by atoms with Crippen molar-refractivity contribution in [2.75, 3.05) is 0 Å². The Bertz CT molecular complexity index is 256. The van der Waals surface area contributed by atoms with Crippen LogP contribution < -0.4 is 0 Å². The molecule has 0 fully saturated rings. The number of hydrogen-bond acceptors (Lipinski definition) is 2. The van der Waals surface area contributed by atoms with Crippen LogP contribution >= 0.6 is 0 Å². The smallest absolute Gasteiger partial charge is 0.128 e. The molecule has 13 heavy (non-hydrogen) atoms. The number of unbranched alkanes of at least 4 members (excludes halogenated alkanes) is 1. The van der Waals surface area contributed by atoms with E-state index in [1.54, 1.807) is 0 Å². The van der Waals surface area contributed by atoms with Gasteiger partial charge in [0.25, 0.3) is 0 Å². The maximum absolute atomic E-state index is 4.50. The highest BCUT2D eigenvalue weighted by atomic mass is 14.9. The fourth-order valence-corrected chi connectivity index (χ4v) is 1.19. The Balaban J connectivity index is 2.68. The van der Waals surface area contributed by atoms with Crippen molar-refractivity contribution in [3.05, 3.63) is 23.8 Å². The highest BCUT2D eigenvalue weighted by molar-refractivity contribution is 5.06. The third-order valence-electron chi connectivity index (χ3n) is 2.07. The van der Waals surface area contributed by atoms with Gasteiger partial charge in [0.05, 0.1) is 0 Å². The van der Waals surface area contributed by atoms with Gasteiger partial charge in [0.1, 0.15) is 5.82 Å². The molecule has 0 bridgehead atoms. The molecule has 0 saturated heterocycles. The van der Waals surface area contributed by atoms with E-state index in [1.165, 1.54) is 12.8 Å². The zero-order valence-corrected chi connectivity index (χ0v) is 8.75. The quantitative estimate of drug-likeness (QED) is 0.708. The summed E-state index contributed by atoms with van der Waals surface area (Å²) in [5.74, 6) is 1.50. The predicted octanol–water partition coefficient (Wildman–Crippen LogP) is 2.94. The monoisotopic (exact) mass is 178 g/mol. The SMILES string of the molecule is CCCCc1nccc(C(C)C)n1. The van der Waals surface area contributed by atoms with Crippen molar-refractivity contribution in [2.45, 2.75) is 46.0 Å². The van der Waals surface area contributed by atoms with Gasteiger partial charge in [-0.15, -0.1) is 0 Å². The van der Waals surface area contributed by atoms with Gasteiger partial charge in [-0.25, -0.2) is 9.97 Å². The lowest BCUT2D eigenvalue weighted by molar-refractivity contribution is 0.726. The molecule has 0 aliphatic rings. The van der Waals surface area contributed by atoms with Crippen LogP contribution in [0.1, 0.15) is 51.0 Å². The van der Waals surface area contributed by atoms with Gasteiger partial charge < -0.3 is 0 Å². The second kappa shape index (κ2) is 4.95. The summed E-state index contributed by atoms with van der Waals surface area (Å²) in [5, 5.41) is 0. The summed E-state index contributed by atoms with van der Waals surface area (Å²) < 4.78 is 0. The van der Waals surface area contributed by atoms with Crippen molar-refractivity contribution in [3.63, 3.8) is 0 Å². The molecule has 0 aliphatic heterocycles. The van der Waals surface area contributed by atoms with Crippen molar-refractivity contribution in [3.8, 4) is 0 Å². The fourth-order valence-electron chi connectivity index (χ4n) is 1.19. The highest BCUT2D eigenvalue weighted by Crippen LogP contribution is 2.10. The number of aromatic nitrogens is 2. The van der Waals surface area contributed by atoms with E-state index in [0.717, 1.165) is 17.9 Å². The van der Waals surface area contributed by atoms with Crippen LogP contribution in [0.3, 0.4) is 0 Å². The summed E-state index contributed by atoms with van der Waals surface area (Å²) in [6.07, 6.45) is 5.27. The number of hydrogen-bond donors (Lipinski definition) is 0. The van der Waals surface area contributed by atoms with E-state index in [-0.39, 0.29) is 0 Å². The molecule has 0 unspecified atom stereocenters. The van der Waals surface area contributed by atoms with E-state index in [0.29, 0.717) is 5.92 Å². The van der Waals surface area contributed by atoms with Crippen LogP contribution in [0.4, 0.5) is 0 Å². The first-order valence-corrected chi connectivity index (χ1v) is 5.06. The Morgan fingerprint density at radius 1 is 1.38 bits per heavy atom. The highest BCUT2D eigenvalue weighted by Gasteiger charge is 2.02. The normalized spacial score (nSPS) is 10.8. The van der Waals surface area contributed by atoms with Gasteiger partial charge in [-0.3, -0.25) is 0 Å². The molecule has 0 radical (unpaired) electrons. The number of rotatable bonds is 4. The lowest BCUT2D eigenvalue weighted by Crippen LogP contribution is -2.00. The van der Waals surface area contributed by atoms with Gasteiger partial charge in [0.15, 0.2) is 0 Å². The summed E-state index contributed by atoms with van der Waals surface area (Å²) in [6.45, 7) is 6.50. The largest absolute Gasteiger partial charge is 0.241 e. The third-order valence-corrected chi connectivity index (χ3v) is 2.07. The van der Waals surface area contributed by atoms with Crippen LogP contribution in [-0.2, 0) is 6.42 Å². The summed E-state index contributed by atoms with van der Waals surface area (Å²) in [5.41, 5.74) is 1.15. The van der Waals surface area contributed by atoms with E-state index in [2.05, 4.69) is 30.7 Å². The first-order valence-electron chi connectivity index (χ1n) is 5.06. The summed E-state index contributed by atoms with van der Waals surface area (Å²) in [4.78, 5) is 8.75. The Morgan fingerprint density at radius 3 is 2.77 bits per heavy atom. The predicted molar refractivity (Wildman–Crippen MR) is 54.7 cm³/mol. The maximum atomic E-state index is 4.50. The Kier molecular flexibility index (Phi) is 3.87. The molecule has 0 N–H and O–H groups in total. The van der Waals surface area contributed by atoms with Crippen LogP contribution in [0.2, 0.25) is 0 Å². The molecule has 0 aliphatic carbocycles. The van der Waals surface area contributed by atoms with Gasteiger partial charge in [0, 0.05) is 18.3 Å². The lowest BCUT2D eigenvalue weighted by Gasteiger charge is -2.05. The molecule has 2 nitrogen and oxygen atoms in total. The van der Waals surface area contributed by atoms with E-state index in [9.17, 15) is 0 Å². The summed E-state index contributed by atoms with van der Waals surface area (Å²) in [6, 6.07) is 2.00. The molecule has 1 rings (SSSR count). The number of aryl methyl sites for hydroxylation is 1. The molecule has 0 amide bonds. The fraction of sp³-hybridized carbons (Fsp3) is 0.636. The van der Waals surface area contributed by atoms with Crippen molar-refractivity contribution < 1.29 is 0 Å². The lowest BCUT2D eigenvalue weighted by atomic mass is 10.1. The van der Waals surface area contributed by atoms with Crippen molar-refractivity contribution in [1.82, 2.24) is 9.97 Å². The van der Waals surface area contributed by atoms with Crippen LogP contribution in [0.25, 0.3) is 0 Å². The molecular formula is C11H18N2. The zero-order valence-electron chi connectivity index (χ0n) is 8.75. The Hall–Kier alpha value is -0.920. The van der Waals surface area contributed by atoms with Crippen molar-refractivity contribution in [1.29, 1.82) is 0 Å². The van der Waals surface area contributed by atoms with Crippen LogP contribution in [0.5, 0.6) is 0 Å². The average Bonchev–Trinajstić information content (AvgIpc) is 2.15. The van der Waals surface area contributed by atoms with Crippen LogP contribution in [-0.4, -0.2) is 9.97 Å². The molecule has 1 heterocycles. The van der Waals surface area contributed by atoms with E-state index >= 15 is 0 Å². The molecule has 0 saturated carbocycles. The van der Waals surface area contributed by atoms with Crippen molar-refractivity contribution >= 4 is 0 Å². The molecule has 72 valence electrons. The zero-order chi connectivity index (χ0) is 9.68. The van der Waals surface area contributed by atoms with E-state index < -0.39 is 0 Å². The molecule has 1 aromatic rings. The average molecular weight is 178 g/mol. The Labute approximate surface area is 80.4 Å². The van der Waals surface area contributed by atoms with Crippen LogP contribution in [0.15, 0.2) is 12.3 Å². The minimum Gasteiger partial charge on any atom is -0.241 e. The minimum absolute atomic E-state index is 0.503. The molecule has 2 heteroatoms. The van der Waals surface area contributed by atoms with E-state index in [1.807, 2.05) is 12.3 Å². The van der Waals surface area contributed by atoms with Gasteiger partial charge in [0.2, 0.25) is 0 Å². The van der Waals surface area contributed by atoms with Gasteiger partial charge in [-0.05, 0) is 18.4 Å². The van der Waals surface area contributed by atoms with Crippen LogP contribution in [0, 0.1) is 0 Å². The molecular weight excluding hydrogens is 160 g/mol. The second-order valence-electron chi connectivity index (χ2n) is 3.66. The molecule has 1 aromatic heterocycles. The van der Waals surface area contributed by atoms with Gasteiger partial charge in [-0.1, -0.05) is 27.2 Å². The first kappa shape index (κ1) is 10.2. The first-order chi connectivity index (χ1) is 6.24.